The summed E-state index contributed by atoms with van der Waals surface area (Å²) in [5.74, 6) is -0.656. The summed E-state index contributed by atoms with van der Waals surface area (Å²) in [4.78, 5) is 23.8. The predicted octanol–water partition coefficient (Wildman–Crippen LogP) is 1.96. The van der Waals surface area contributed by atoms with Gasteiger partial charge in [-0.3, -0.25) is 4.79 Å². The van der Waals surface area contributed by atoms with Gasteiger partial charge >= 0.3 is 5.97 Å². The third-order valence-corrected chi connectivity index (χ3v) is 2.79. The molecule has 0 aliphatic heterocycles. The fourth-order valence-electron chi connectivity index (χ4n) is 1.74. The molecule has 0 saturated heterocycles. The molecule has 0 heterocycles. The number of nitrogens with one attached hydrogen (secondary N) is 1. The Morgan fingerprint density at radius 1 is 1.29 bits per heavy atom. The van der Waals surface area contributed by atoms with E-state index in [2.05, 4.69) is 5.32 Å². The van der Waals surface area contributed by atoms with E-state index >= 15 is 0 Å². The highest BCUT2D eigenvalue weighted by Crippen LogP contribution is 2.15. The number of carbonyl (C=O) groups is 2. The number of amides is 1. The topological polar surface area (TPSA) is 81.4 Å². The van der Waals surface area contributed by atoms with Gasteiger partial charge in [-0.1, -0.05) is 30.3 Å². The molecule has 0 spiro atoms. The summed E-state index contributed by atoms with van der Waals surface area (Å²) < 4.78 is 5.01. The van der Waals surface area contributed by atoms with Crippen molar-refractivity contribution in [2.45, 2.75) is 38.8 Å². The SMILES string of the molecule is CCOC(=O)[C@H](NC(=O)CCC(C)N)c1ccccc1.Cl. The van der Waals surface area contributed by atoms with Crippen molar-refractivity contribution in [2.75, 3.05) is 6.61 Å². The lowest BCUT2D eigenvalue weighted by Crippen LogP contribution is -2.35. The van der Waals surface area contributed by atoms with Gasteiger partial charge in [0.1, 0.15) is 0 Å². The van der Waals surface area contributed by atoms with Crippen LogP contribution in [0.25, 0.3) is 0 Å². The van der Waals surface area contributed by atoms with E-state index in [4.69, 9.17) is 10.5 Å². The molecule has 0 bridgehead atoms. The molecule has 1 amide bonds. The second-order valence-corrected chi connectivity index (χ2v) is 4.68. The molecule has 1 aromatic rings. The molecular weight excluding hydrogens is 292 g/mol. The van der Waals surface area contributed by atoms with Crippen molar-refractivity contribution in [1.82, 2.24) is 5.32 Å². The summed E-state index contributed by atoms with van der Waals surface area (Å²) in [7, 11) is 0. The summed E-state index contributed by atoms with van der Waals surface area (Å²) in [6.45, 7) is 3.85. The van der Waals surface area contributed by atoms with Gasteiger partial charge in [0.05, 0.1) is 6.61 Å². The fraction of sp³-hybridized carbons (Fsp3) is 0.467. The second-order valence-electron chi connectivity index (χ2n) is 4.68. The molecule has 0 aliphatic carbocycles. The molecule has 3 N–H and O–H groups in total. The monoisotopic (exact) mass is 314 g/mol. The molecule has 1 aromatic carbocycles. The summed E-state index contributed by atoms with van der Waals surface area (Å²) in [6, 6.07) is 8.24. The minimum absolute atomic E-state index is 0. The minimum Gasteiger partial charge on any atom is -0.464 e. The van der Waals surface area contributed by atoms with Crippen LogP contribution in [0.1, 0.15) is 38.3 Å². The number of ether oxygens (including phenoxy) is 1. The first-order chi connectivity index (χ1) is 9.54. The summed E-state index contributed by atoms with van der Waals surface area (Å²) in [5, 5.41) is 2.70. The molecule has 0 fully saturated rings. The Labute approximate surface area is 131 Å². The van der Waals surface area contributed by atoms with Crippen LogP contribution in [0.4, 0.5) is 0 Å². The molecule has 0 aromatic heterocycles. The lowest BCUT2D eigenvalue weighted by atomic mass is 10.1. The number of benzene rings is 1. The lowest BCUT2D eigenvalue weighted by Gasteiger charge is -2.18. The van der Waals surface area contributed by atoms with Crippen LogP contribution in [0.5, 0.6) is 0 Å². The molecule has 2 atom stereocenters. The third-order valence-electron chi connectivity index (χ3n) is 2.79. The van der Waals surface area contributed by atoms with Gasteiger partial charge in [0.15, 0.2) is 6.04 Å². The third kappa shape index (κ3) is 7.11. The number of rotatable bonds is 7. The largest absolute Gasteiger partial charge is 0.464 e. The fourth-order valence-corrected chi connectivity index (χ4v) is 1.74. The van der Waals surface area contributed by atoms with Gasteiger partial charge in [-0.05, 0) is 25.8 Å². The van der Waals surface area contributed by atoms with Crippen molar-refractivity contribution < 1.29 is 14.3 Å². The first-order valence-electron chi connectivity index (χ1n) is 6.81. The Morgan fingerprint density at radius 3 is 2.43 bits per heavy atom. The van der Waals surface area contributed by atoms with Gasteiger partial charge in [-0.25, -0.2) is 4.79 Å². The molecule has 6 heteroatoms. The maximum atomic E-state index is 12.0. The Hall–Kier alpha value is -1.59. The van der Waals surface area contributed by atoms with Gasteiger partial charge in [0.25, 0.3) is 0 Å². The highest BCUT2D eigenvalue weighted by Gasteiger charge is 2.23. The van der Waals surface area contributed by atoms with E-state index in [0.29, 0.717) is 18.4 Å². The van der Waals surface area contributed by atoms with Gasteiger partial charge in [-0.15, -0.1) is 12.4 Å². The number of esters is 1. The number of carbonyl (C=O) groups excluding carboxylic acids is 2. The zero-order valence-electron chi connectivity index (χ0n) is 12.4. The van der Waals surface area contributed by atoms with Gasteiger partial charge in [-0.2, -0.15) is 0 Å². The Morgan fingerprint density at radius 2 is 1.90 bits per heavy atom. The van der Waals surface area contributed by atoms with Crippen LogP contribution in [-0.2, 0) is 14.3 Å². The first-order valence-corrected chi connectivity index (χ1v) is 6.81. The summed E-state index contributed by atoms with van der Waals surface area (Å²) >= 11 is 0. The molecule has 0 radical (unpaired) electrons. The van der Waals surface area contributed by atoms with Crippen LogP contribution in [0.15, 0.2) is 30.3 Å². The molecule has 0 saturated carbocycles. The second kappa shape index (κ2) is 10.2. The summed E-state index contributed by atoms with van der Waals surface area (Å²) in [6.07, 6.45) is 0.872. The van der Waals surface area contributed by atoms with Crippen molar-refractivity contribution in [3.63, 3.8) is 0 Å². The average molecular weight is 315 g/mol. The number of halogens is 1. The van der Waals surface area contributed by atoms with E-state index in [1.807, 2.05) is 25.1 Å². The smallest absolute Gasteiger partial charge is 0.333 e. The predicted molar refractivity (Wildman–Crippen MR) is 84.1 cm³/mol. The van der Waals surface area contributed by atoms with Crippen molar-refractivity contribution >= 4 is 24.3 Å². The Kier molecular flexibility index (Phi) is 9.41. The minimum atomic E-state index is -0.767. The number of hydrogen-bond acceptors (Lipinski definition) is 4. The normalized spacial score (nSPS) is 12.7. The van der Waals surface area contributed by atoms with Crippen LogP contribution in [0.2, 0.25) is 0 Å². The quantitative estimate of drug-likeness (QED) is 0.754. The standard InChI is InChI=1S/C15H22N2O3.ClH/c1-3-20-15(19)14(12-7-5-4-6-8-12)17-13(18)10-9-11(2)16;/h4-8,11,14H,3,9-10,16H2,1-2H3,(H,17,18);1H/t11?,14-;/m1./s1. The van der Waals surface area contributed by atoms with Gasteiger partial charge in [0.2, 0.25) is 5.91 Å². The van der Waals surface area contributed by atoms with Crippen LogP contribution >= 0.6 is 12.4 Å². The number of hydrogen-bond donors (Lipinski definition) is 2. The molecule has 5 nitrogen and oxygen atoms in total. The van der Waals surface area contributed by atoms with Gasteiger partial charge < -0.3 is 15.8 Å². The molecule has 118 valence electrons. The molecule has 0 aliphatic rings. The average Bonchev–Trinajstić information content (AvgIpc) is 2.43. The first kappa shape index (κ1) is 19.4. The molecule has 21 heavy (non-hydrogen) atoms. The van der Waals surface area contributed by atoms with E-state index in [1.54, 1.807) is 19.1 Å². The maximum absolute atomic E-state index is 12.0. The molecular formula is C15H23ClN2O3. The Bertz CT molecular complexity index is 438. The van der Waals surface area contributed by atoms with Crippen molar-refractivity contribution in [2.24, 2.45) is 5.73 Å². The van der Waals surface area contributed by atoms with E-state index in [1.165, 1.54) is 0 Å². The Balaban J connectivity index is 0.00000400. The maximum Gasteiger partial charge on any atom is 0.333 e. The zero-order chi connectivity index (χ0) is 15.0. The zero-order valence-corrected chi connectivity index (χ0v) is 13.2. The van der Waals surface area contributed by atoms with Crippen LogP contribution < -0.4 is 11.1 Å². The summed E-state index contributed by atoms with van der Waals surface area (Å²) in [5.41, 5.74) is 6.33. The van der Waals surface area contributed by atoms with Crippen molar-refractivity contribution in [3.8, 4) is 0 Å². The molecule has 1 rings (SSSR count). The van der Waals surface area contributed by atoms with Gasteiger partial charge in [0, 0.05) is 12.5 Å². The van der Waals surface area contributed by atoms with E-state index in [-0.39, 0.29) is 31.0 Å². The van der Waals surface area contributed by atoms with Crippen LogP contribution in [-0.4, -0.2) is 24.5 Å². The van der Waals surface area contributed by atoms with Crippen molar-refractivity contribution in [1.29, 1.82) is 0 Å². The van der Waals surface area contributed by atoms with Crippen LogP contribution in [0.3, 0.4) is 0 Å². The van der Waals surface area contributed by atoms with Crippen molar-refractivity contribution in [3.05, 3.63) is 35.9 Å². The highest BCUT2D eigenvalue weighted by atomic mass is 35.5. The lowest BCUT2D eigenvalue weighted by molar-refractivity contribution is -0.147. The van der Waals surface area contributed by atoms with Crippen LogP contribution in [0, 0.1) is 0 Å². The number of nitrogens with two attached hydrogens (primary N) is 1. The van der Waals surface area contributed by atoms with E-state index < -0.39 is 12.0 Å². The van der Waals surface area contributed by atoms with E-state index in [0.717, 1.165) is 0 Å². The molecule has 1 unspecified atom stereocenters. The van der Waals surface area contributed by atoms with E-state index in [9.17, 15) is 9.59 Å². The highest BCUT2D eigenvalue weighted by molar-refractivity contribution is 5.85.